The molecule has 0 unspecified atom stereocenters. The van der Waals surface area contributed by atoms with Gasteiger partial charge in [0.1, 0.15) is 18.0 Å². The number of nitrogens with zero attached hydrogens (tertiary/aromatic N) is 4. The van der Waals surface area contributed by atoms with Gasteiger partial charge in [-0.15, -0.1) is 0 Å². The zero-order valence-corrected chi connectivity index (χ0v) is 14.8. The van der Waals surface area contributed by atoms with E-state index in [2.05, 4.69) is 25.4 Å². The van der Waals surface area contributed by atoms with Crippen LogP contribution in [0.15, 0.2) is 72.2 Å². The van der Waals surface area contributed by atoms with E-state index in [1.54, 1.807) is 42.9 Å². The molecule has 28 heavy (non-hydrogen) atoms. The lowest BCUT2D eigenvalue weighted by molar-refractivity contribution is 0.627. The average Bonchev–Trinajstić information content (AvgIpc) is 3.12. The van der Waals surface area contributed by atoms with Crippen LogP contribution in [0.2, 0.25) is 0 Å². The number of pyridine rings is 1. The number of rotatable bonds is 6. The highest BCUT2D eigenvalue weighted by Crippen LogP contribution is 2.14. The van der Waals surface area contributed by atoms with Crippen LogP contribution in [-0.2, 0) is 6.42 Å². The van der Waals surface area contributed by atoms with Crippen molar-refractivity contribution in [1.82, 2.24) is 24.7 Å². The molecule has 2 N–H and O–H groups in total. The number of hydrogen-bond donors (Lipinski definition) is 2. The van der Waals surface area contributed by atoms with Crippen molar-refractivity contribution in [3.8, 4) is 16.9 Å². The standard InChI is InChI=1S/C20H17FN6O/c21-16-5-3-14(4-6-16)7-9-23-18-10-19(25-13-24-18)27-20(28)17(12-26-27)15-2-1-8-22-11-15/h1-6,8,10-13,26H,7,9H2,(H,23,24,25). The van der Waals surface area contributed by atoms with Crippen LogP contribution in [0, 0.1) is 5.82 Å². The van der Waals surface area contributed by atoms with Gasteiger partial charge in [0.15, 0.2) is 5.82 Å². The maximum absolute atomic E-state index is 13.0. The fourth-order valence-corrected chi connectivity index (χ4v) is 2.82. The quantitative estimate of drug-likeness (QED) is 0.540. The molecule has 0 aliphatic rings. The van der Waals surface area contributed by atoms with E-state index in [-0.39, 0.29) is 11.4 Å². The highest BCUT2D eigenvalue weighted by Gasteiger charge is 2.11. The Kier molecular flexibility index (Phi) is 4.92. The third-order valence-corrected chi connectivity index (χ3v) is 4.26. The number of aromatic nitrogens is 5. The molecule has 0 atom stereocenters. The normalized spacial score (nSPS) is 10.8. The molecule has 0 radical (unpaired) electrons. The minimum atomic E-state index is -0.251. The van der Waals surface area contributed by atoms with E-state index in [0.29, 0.717) is 30.2 Å². The third-order valence-electron chi connectivity index (χ3n) is 4.26. The van der Waals surface area contributed by atoms with Gasteiger partial charge >= 0.3 is 0 Å². The van der Waals surface area contributed by atoms with Crippen molar-refractivity contribution in [3.05, 3.63) is 89.1 Å². The summed E-state index contributed by atoms with van der Waals surface area (Å²) >= 11 is 0. The van der Waals surface area contributed by atoms with Gasteiger partial charge in [0.05, 0.1) is 5.56 Å². The summed E-state index contributed by atoms with van der Waals surface area (Å²) in [4.78, 5) is 25.1. The summed E-state index contributed by atoms with van der Waals surface area (Å²) in [5.74, 6) is 0.773. The summed E-state index contributed by atoms with van der Waals surface area (Å²) < 4.78 is 14.3. The van der Waals surface area contributed by atoms with Gasteiger partial charge in [0.25, 0.3) is 5.56 Å². The third kappa shape index (κ3) is 3.80. The molecular weight excluding hydrogens is 359 g/mol. The molecule has 0 spiro atoms. The molecule has 4 aromatic rings. The van der Waals surface area contributed by atoms with Gasteiger partial charge in [-0.2, -0.15) is 0 Å². The Balaban J connectivity index is 1.49. The molecule has 0 amide bonds. The molecule has 1 aromatic carbocycles. The van der Waals surface area contributed by atoms with Gasteiger partial charge in [-0.05, 0) is 30.2 Å². The van der Waals surface area contributed by atoms with Gasteiger partial charge in [-0.25, -0.2) is 19.0 Å². The summed E-state index contributed by atoms with van der Waals surface area (Å²) in [5.41, 5.74) is 2.04. The molecule has 7 nitrogen and oxygen atoms in total. The van der Waals surface area contributed by atoms with E-state index in [0.717, 1.165) is 11.1 Å². The number of halogens is 1. The molecular formula is C20H17FN6O. The Morgan fingerprint density at radius 1 is 1.14 bits per heavy atom. The van der Waals surface area contributed by atoms with Crippen LogP contribution in [-0.4, -0.2) is 31.3 Å². The molecule has 4 rings (SSSR count). The highest BCUT2D eigenvalue weighted by atomic mass is 19.1. The van der Waals surface area contributed by atoms with Crippen LogP contribution in [0.1, 0.15) is 5.56 Å². The second-order valence-electron chi connectivity index (χ2n) is 6.13. The van der Waals surface area contributed by atoms with E-state index < -0.39 is 0 Å². The summed E-state index contributed by atoms with van der Waals surface area (Å²) in [6.07, 6.45) is 7.03. The Bertz CT molecular complexity index is 1120. The molecule has 0 saturated heterocycles. The van der Waals surface area contributed by atoms with Gasteiger partial charge < -0.3 is 5.32 Å². The second-order valence-corrected chi connectivity index (χ2v) is 6.13. The Labute approximate surface area is 159 Å². The zero-order chi connectivity index (χ0) is 19.3. The number of anilines is 1. The highest BCUT2D eigenvalue weighted by molar-refractivity contribution is 5.60. The van der Waals surface area contributed by atoms with Crippen molar-refractivity contribution in [2.45, 2.75) is 6.42 Å². The summed E-state index contributed by atoms with van der Waals surface area (Å²) in [7, 11) is 0. The van der Waals surface area contributed by atoms with Gasteiger partial charge in [-0.3, -0.25) is 14.9 Å². The minimum absolute atomic E-state index is 0.219. The predicted octanol–water partition coefficient (Wildman–Crippen LogP) is 2.81. The number of nitrogens with one attached hydrogen (secondary N) is 2. The van der Waals surface area contributed by atoms with E-state index in [4.69, 9.17) is 0 Å². The topological polar surface area (TPSA) is 88.5 Å². The van der Waals surface area contributed by atoms with E-state index in [1.807, 2.05) is 6.07 Å². The van der Waals surface area contributed by atoms with Gasteiger partial charge in [0.2, 0.25) is 0 Å². The average molecular weight is 376 g/mol. The van der Waals surface area contributed by atoms with Gasteiger partial charge in [-0.1, -0.05) is 18.2 Å². The van der Waals surface area contributed by atoms with Crippen LogP contribution in [0.25, 0.3) is 16.9 Å². The van der Waals surface area contributed by atoms with Crippen molar-refractivity contribution in [3.63, 3.8) is 0 Å². The van der Waals surface area contributed by atoms with Crippen LogP contribution in [0.4, 0.5) is 10.2 Å². The first-order valence-electron chi connectivity index (χ1n) is 8.72. The first kappa shape index (κ1) is 17.6. The molecule has 0 aliphatic carbocycles. The Morgan fingerprint density at radius 2 is 2.00 bits per heavy atom. The van der Waals surface area contributed by atoms with Crippen molar-refractivity contribution in [2.75, 3.05) is 11.9 Å². The van der Waals surface area contributed by atoms with Crippen molar-refractivity contribution >= 4 is 5.82 Å². The zero-order valence-electron chi connectivity index (χ0n) is 14.8. The van der Waals surface area contributed by atoms with E-state index in [1.165, 1.54) is 23.1 Å². The van der Waals surface area contributed by atoms with Crippen LogP contribution >= 0.6 is 0 Å². The summed E-state index contributed by atoms with van der Waals surface area (Å²) in [6, 6.07) is 11.7. The number of H-pyrrole nitrogens is 1. The molecule has 3 heterocycles. The number of benzene rings is 1. The predicted molar refractivity (Wildman–Crippen MR) is 104 cm³/mol. The van der Waals surface area contributed by atoms with Crippen molar-refractivity contribution < 1.29 is 4.39 Å². The van der Waals surface area contributed by atoms with Crippen LogP contribution in [0.5, 0.6) is 0 Å². The van der Waals surface area contributed by atoms with Crippen molar-refractivity contribution in [1.29, 1.82) is 0 Å². The molecule has 0 saturated carbocycles. The van der Waals surface area contributed by atoms with Crippen LogP contribution < -0.4 is 10.9 Å². The molecule has 8 heteroatoms. The maximum Gasteiger partial charge on any atom is 0.280 e. The monoisotopic (exact) mass is 376 g/mol. The van der Waals surface area contributed by atoms with Crippen molar-refractivity contribution in [2.24, 2.45) is 0 Å². The lowest BCUT2D eigenvalue weighted by Crippen LogP contribution is -2.17. The fraction of sp³-hybridized carbons (Fsp3) is 0.100. The molecule has 0 aliphatic heterocycles. The summed E-state index contributed by atoms with van der Waals surface area (Å²) in [6.45, 7) is 0.614. The number of aromatic amines is 1. The molecule has 3 aromatic heterocycles. The maximum atomic E-state index is 13.0. The minimum Gasteiger partial charge on any atom is -0.370 e. The van der Waals surface area contributed by atoms with Crippen LogP contribution in [0.3, 0.4) is 0 Å². The lowest BCUT2D eigenvalue weighted by Gasteiger charge is -2.07. The molecule has 140 valence electrons. The molecule has 0 bridgehead atoms. The second kappa shape index (κ2) is 7.83. The largest absolute Gasteiger partial charge is 0.370 e. The SMILES string of the molecule is O=c1c(-c2cccnc2)c[nH]n1-c1cc(NCCc2ccc(F)cc2)ncn1. The Morgan fingerprint density at radius 3 is 2.79 bits per heavy atom. The fourth-order valence-electron chi connectivity index (χ4n) is 2.82. The first-order valence-corrected chi connectivity index (χ1v) is 8.72. The Hall–Kier alpha value is -3.81. The smallest absolute Gasteiger partial charge is 0.280 e. The van der Waals surface area contributed by atoms with E-state index in [9.17, 15) is 9.18 Å². The first-order chi connectivity index (χ1) is 13.7. The number of hydrogen-bond acceptors (Lipinski definition) is 5. The van der Waals surface area contributed by atoms with E-state index >= 15 is 0 Å². The molecule has 0 fully saturated rings. The summed E-state index contributed by atoms with van der Waals surface area (Å²) in [5, 5.41) is 6.12. The van der Waals surface area contributed by atoms with Gasteiger partial charge in [0, 0.05) is 36.8 Å². The lowest BCUT2D eigenvalue weighted by atomic mass is 10.1.